The van der Waals surface area contributed by atoms with Crippen molar-refractivity contribution in [1.29, 1.82) is 0 Å². The average Bonchev–Trinajstić information content (AvgIpc) is 2.65. The molecule has 4 heteroatoms. The molecular formula is C13H20BrN3. The van der Waals surface area contributed by atoms with Crippen LogP contribution in [0.5, 0.6) is 0 Å². The number of hydrogen-bond donors (Lipinski definition) is 1. The van der Waals surface area contributed by atoms with Crippen molar-refractivity contribution in [2.75, 3.05) is 37.8 Å². The molecule has 1 saturated heterocycles. The van der Waals surface area contributed by atoms with Crippen molar-refractivity contribution in [1.82, 2.24) is 4.90 Å². The third kappa shape index (κ3) is 2.93. The Bertz CT molecular complexity index is 392. The molecule has 1 heterocycles. The van der Waals surface area contributed by atoms with E-state index in [4.69, 9.17) is 5.73 Å². The van der Waals surface area contributed by atoms with Crippen LogP contribution in [0.1, 0.15) is 12.8 Å². The fraction of sp³-hybridized carbons (Fsp3) is 0.538. The number of hydrogen-bond acceptors (Lipinski definition) is 3. The van der Waals surface area contributed by atoms with Gasteiger partial charge < -0.3 is 15.5 Å². The number of rotatable bonds is 3. The van der Waals surface area contributed by atoms with Crippen LogP contribution in [0.4, 0.5) is 11.4 Å². The van der Waals surface area contributed by atoms with E-state index in [2.05, 4.69) is 45.9 Å². The van der Waals surface area contributed by atoms with Gasteiger partial charge in [0.25, 0.3) is 0 Å². The lowest BCUT2D eigenvalue weighted by molar-refractivity contribution is 0.372. The van der Waals surface area contributed by atoms with Crippen molar-refractivity contribution in [2.24, 2.45) is 0 Å². The first-order valence-electron chi connectivity index (χ1n) is 6.04. The minimum absolute atomic E-state index is 0.616. The Kier molecular flexibility index (Phi) is 3.94. The van der Waals surface area contributed by atoms with Gasteiger partial charge in [-0.05, 0) is 61.1 Å². The van der Waals surface area contributed by atoms with Crippen LogP contribution in [0.15, 0.2) is 22.7 Å². The van der Waals surface area contributed by atoms with Crippen molar-refractivity contribution in [2.45, 2.75) is 18.9 Å². The first-order chi connectivity index (χ1) is 8.08. The number of anilines is 2. The third-order valence-corrected chi connectivity index (χ3v) is 3.87. The van der Waals surface area contributed by atoms with Gasteiger partial charge >= 0.3 is 0 Å². The Morgan fingerprint density at radius 1 is 1.47 bits per heavy atom. The van der Waals surface area contributed by atoms with Crippen molar-refractivity contribution in [3.8, 4) is 0 Å². The minimum Gasteiger partial charge on any atom is -0.399 e. The Morgan fingerprint density at radius 3 is 2.88 bits per heavy atom. The molecule has 3 nitrogen and oxygen atoms in total. The second-order valence-electron chi connectivity index (χ2n) is 4.96. The normalized spacial score (nSPS) is 20.2. The molecule has 1 aromatic carbocycles. The van der Waals surface area contributed by atoms with Crippen LogP contribution in [-0.2, 0) is 0 Å². The molecule has 2 rings (SSSR count). The van der Waals surface area contributed by atoms with Crippen molar-refractivity contribution in [3.63, 3.8) is 0 Å². The Hall–Kier alpha value is -0.740. The van der Waals surface area contributed by atoms with Gasteiger partial charge in [-0.3, -0.25) is 0 Å². The number of halogens is 1. The Labute approximate surface area is 112 Å². The summed E-state index contributed by atoms with van der Waals surface area (Å²) in [6.45, 7) is 2.25. The van der Waals surface area contributed by atoms with Gasteiger partial charge in [0, 0.05) is 29.3 Å². The summed E-state index contributed by atoms with van der Waals surface area (Å²) in [5.74, 6) is 0. The molecule has 0 saturated carbocycles. The molecule has 94 valence electrons. The molecule has 1 aliphatic rings. The van der Waals surface area contributed by atoms with Gasteiger partial charge in [0.2, 0.25) is 0 Å². The van der Waals surface area contributed by atoms with Crippen LogP contribution >= 0.6 is 15.9 Å². The number of nitrogens with zero attached hydrogens (tertiary/aromatic N) is 2. The Balaban J connectivity index is 2.20. The summed E-state index contributed by atoms with van der Waals surface area (Å²) in [5.41, 5.74) is 7.86. The van der Waals surface area contributed by atoms with E-state index >= 15 is 0 Å². The number of likely N-dealkylation sites (N-methyl/N-ethyl adjacent to an activating group) is 1. The van der Waals surface area contributed by atoms with E-state index < -0.39 is 0 Å². The predicted octanol–water partition coefficient (Wildman–Crippen LogP) is 2.56. The SMILES string of the molecule is CN(C)CC1CCCN1c1ccc(N)cc1Br. The van der Waals surface area contributed by atoms with E-state index in [9.17, 15) is 0 Å². The van der Waals surface area contributed by atoms with Gasteiger partial charge in [0.1, 0.15) is 0 Å². The van der Waals surface area contributed by atoms with Crippen LogP contribution < -0.4 is 10.6 Å². The number of nitrogens with two attached hydrogens (primary N) is 1. The third-order valence-electron chi connectivity index (χ3n) is 3.23. The van der Waals surface area contributed by atoms with Crippen LogP contribution in [0.3, 0.4) is 0 Å². The van der Waals surface area contributed by atoms with E-state index in [0.29, 0.717) is 6.04 Å². The largest absolute Gasteiger partial charge is 0.399 e. The quantitative estimate of drug-likeness (QED) is 0.871. The highest BCUT2D eigenvalue weighted by Crippen LogP contribution is 2.33. The molecule has 2 N–H and O–H groups in total. The van der Waals surface area contributed by atoms with Gasteiger partial charge in [-0.1, -0.05) is 0 Å². The highest BCUT2D eigenvalue weighted by molar-refractivity contribution is 9.10. The summed E-state index contributed by atoms with van der Waals surface area (Å²) in [4.78, 5) is 4.75. The monoisotopic (exact) mass is 297 g/mol. The predicted molar refractivity (Wildman–Crippen MR) is 77.5 cm³/mol. The van der Waals surface area contributed by atoms with Gasteiger partial charge in [-0.15, -0.1) is 0 Å². The zero-order chi connectivity index (χ0) is 12.4. The molecule has 0 bridgehead atoms. The number of nitrogen functional groups attached to an aromatic ring is 1. The van der Waals surface area contributed by atoms with Gasteiger partial charge in [-0.25, -0.2) is 0 Å². The average molecular weight is 298 g/mol. The first-order valence-corrected chi connectivity index (χ1v) is 6.83. The van der Waals surface area contributed by atoms with Crippen LogP contribution in [0, 0.1) is 0 Å². The minimum atomic E-state index is 0.616. The lowest BCUT2D eigenvalue weighted by atomic mass is 10.2. The fourth-order valence-electron chi connectivity index (χ4n) is 2.52. The molecule has 1 aliphatic heterocycles. The van der Waals surface area contributed by atoms with Crippen LogP contribution in [-0.4, -0.2) is 38.1 Å². The van der Waals surface area contributed by atoms with Gasteiger partial charge in [0.05, 0.1) is 5.69 Å². The summed E-state index contributed by atoms with van der Waals surface area (Å²) in [5, 5.41) is 0. The van der Waals surface area contributed by atoms with Crippen molar-refractivity contribution in [3.05, 3.63) is 22.7 Å². The molecular weight excluding hydrogens is 278 g/mol. The maximum atomic E-state index is 5.78. The highest BCUT2D eigenvalue weighted by atomic mass is 79.9. The molecule has 1 aromatic rings. The summed E-state index contributed by atoms with van der Waals surface area (Å²) < 4.78 is 1.10. The van der Waals surface area contributed by atoms with E-state index in [0.717, 1.165) is 23.2 Å². The smallest absolute Gasteiger partial charge is 0.0515 e. The molecule has 17 heavy (non-hydrogen) atoms. The van der Waals surface area contributed by atoms with Crippen molar-refractivity contribution < 1.29 is 0 Å². The van der Waals surface area contributed by atoms with E-state index in [1.54, 1.807) is 0 Å². The van der Waals surface area contributed by atoms with Crippen LogP contribution in [0.25, 0.3) is 0 Å². The van der Waals surface area contributed by atoms with Crippen LogP contribution in [0.2, 0.25) is 0 Å². The standard InChI is InChI=1S/C13H20BrN3/c1-16(2)9-11-4-3-7-17(11)13-6-5-10(15)8-12(13)14/h5-6,8,11H,3-4,7,9,15H2,1-2H3. The van der Waals surface area contributed by atoms with Crippen molar-refractivity contribution >= 4 is 27.3 Å². The molecule has 0 aliphatic carbocycles. The second-order valence-corrected chi connectivity index (χ2v) is 5.82. The molecule has 0 amide bonds. The van der Waals surface area contributed by atoms with E-state index in [-0.39, 0.29) is 0 Å². The van der Waals surface area contributed by atoms with E-state index in [1.807, 2.05) is 12.1 Å². The first kappa shape index (κ1) is 12.7. The summed E-state index contributed by atoms with van der Waals surface area (Å²) in [7, 11) is 4.27. The molecule has 0 aromatic heterocycles. The fourth-order valence-corrected chi connectivity index (χ4v) is 3.14. The molecule has 1 atom stereocenters. The zero-order valence-corrected chi connectivity index (χ0v) is 12.1. The summed E-state index contributed by atoms with van der Waals surface area (Å²) in [6, 6.07) is 6.70. The second kappa shape index (κ2) is 5.27. The van der Waals surface area contributed by atoms with Gasteiger partial charge in [-0.2, -0.15) is 0 Å². The summed E-state index contributed by atoms with van der Waals surface area (Å²) >= 11 is 3.62. The van der Waals surface area contributed by atoms with Gasteiger partial charge in [0.15, 0.2) is 0 Å². The molecule has 1 fully saturated rings. The molecule has 0 radical (unpaired) electrons. The summed E-state index contributed by atoms with van der Waals surface area (Å²) in [6.07, 6.45) is 2.55. The maximum Gasteiger partial charge on any atom is 0.0515 e. The number of benzene rings is 1. The molecule has 0 spiro atoms. The lowest BCUT2D eigenvalue weighted by Gasteiger charge is -2.30. The van der Waals surface area contributed by atoms with E-state index in [1.165, 1.54) is 18.5 Å². The molecule has 1 unspecified atom stereocenters. The Morgan fingerprint density at radius 2 is 2.24 bits per heavy atom. The zero-order valence-electron chi connectivity index (χ0n) is 10.5. The lowest BCUT2D eigenvalue weighted by Crippen LogP contribution is -2.37. The highest BCUT2D eigenvalue weighted by Gasteiger charge is 2.26. The maximum absolute atomic E-state index is 5.78. The topological polar surface area (TPSA) is 32.5 Å².